The first-order chi connectivity index (χ1) is 6.29. The molecule has 0 aliphatic rings. The van der Waals surface area contributed by atoms with Crippen LogP contribution in [0.15, 0.2) is 30.3 Å². The normalized spacial score (nSPS) is 11.7. The SMILES string of the molecule is Nc1ccccc1/C(=C/CO)CO. The topological polar surface area (TPSA) is 66.5 Å². The Labute approximate surface area is 77.1 Å². The molecule has 3 nitrogen and oxygen atoms in total. The lowest BCUT2D eigenvalue weighted by molar-refractivity contribution is 0.334. The van der Waals surface area contributed by atoms with E-state index in [2.05, 4.69) is 0 Å². The minimum atomic E-state index is -0.116. The molecule has 0 saturated heterocycles. The summed E-state index contributed by atoms with van der Waals surface area (Å²) in [5, 5.41) is 17.7. The average molecular weight is 179 g/mol. The van der Waals surface area contributed by atoms with Crippen molar-refractivity contribution in [3.8, 4) is 0 Å². The lowest BCUT2D eigenvalue weighted by atomic mass is 10.0. The van der Waals surface area contributed by atoms with Gasteiger partial charge in [-0.3, -0.25) is 0 Å². The van der Waals surface area contributed by atoms with Gasteiger partial charge in [0.1, 0.15) is 0 Å². The van der Waals surface area contributed by atoms with Crippen LogP contribution in [0.1, 0.15) is 5.56 Å². The number of rotatable bonds is 3. The van der Waals surface area contributed by atoms with Crippen molar-refractivity contribution in [1.82, 2.24) is 0 Å². The van der Waals surface area contributed by atoms with Crippen molar-refractivity contribution in [2.24, 2.45) is 0 Å². The molecule has 0 aliphatic carbocycles. The van der Waals surface area contributed by atoms with E-state index in [0.717, 1.165) is 5.56 Å². The molecular weight excluding hydrogens is 166 g/mol. The first kappa shape index (κ1) is 9.77. The Kier molecular flexibility index (Phi) is 3.49. The summed E-state index contributed by atoms with van der Waals surface area (Å²) in [5.74, 6) is 0. The second-order valence-electron chi connectivity index (χ2n) is 2.66. The summed E-state index contributed by atoms with van der Waals surface area (Å²) in [7, 11) is 0. The maximum atomic E-state index is 9.00. The first-order valence-corrected chi connectivity index (χ1v) is 4.05. The van der Waals surface area contributed by atoms with Gasteiger partial charge in [0.15, 0.2) is 0 Å². The summed E-state index contributed by atoms with van der Waals surface area (Å²) < 4.78 is 0. The van der Waals surface area contributed by atoms with Crippen molar-refractivity contribution in [3.05, 3.63) is 35.9 Å². The predicted molar refractivity (Wildman–Crippen MR) is 53.0 cm³/mol. The van der Waals surface area contributed by atoms with Gasteiger partial charge in [-0.05, 0) is 11.6 Å². The van der Waals surface area contributed by atoms with Crippen LogP contribution in [0, 0.1) is 0 Å². The maximum absolute atomic E-state index is 9.00. The summed E-state index contributed by atoms with van der Waals surface area (Å²) in [6, 6.07) is 7.24. The van der Waals surface area contributed by atoms with Gasteiger partial charge in [0.05, 0.1) is 13.2 Å². The number of hydrogen-bond donors (Lipinski definition) is 3. The lowest BCUT2D eigenvalue weighted by Gasteiger charge is -2.06. The summed E-state index contributed by atoms with van der Waals surface area (Å²) in [5.41, 5.74) is 7.73. The Morgan fingerprint density at radius 3 is 2.54 bits per heavy atom. The van der Waals surface area contributed by atoms with Crippen molar-refractivity contribution < 1.29 is 10.2 Å². The quantitative estimate of drug-likeness (QED) is 0.596. The van der Waals surface area contributed by atoms with Gasteiger partial charge in [0.25, 0.3) is 0 Å². The highest BCUT2D eigenvalue weighted by molar-refractivity contribution is 5.75. The van der Waals surface area contributed by atoms with Crippen LogP contribution >= 0.6 is 0 Å². The van der Waals surface area contributed by atoms with E-state index in [1.165, 1.54) is 0 Å². The minimum Gasteiger partial charge on any atom is -0.398 e. The average Bonchev–Trinajstić information content (AvgIpc) is 2.16. The van der Waals surface area contributed by atoms with Crippen molar-refractivity contribution in [2.75, 3.05) is 18.9 Å². The van der Waals surface area contributed by atoms with Gasteiger partial charge in [-0.15, -0.1) is 0 Å². The third kappa shape index (κ3) is 2.31. The van der Waals surface area contributed by atoms with Crippen LogP contribution in [0.2, 0.25) is 0 Å². The molecule has 0 saturated carbocycles. The summed E-state index contributed by atoms with van der Waals surface area (Å²) in [6.07, 6.45) is 1.55. The molecule has 0 bridgehead atoms. The van der Waals surface area contributed by atoms with E-state index >= 15 is 0 Å². The Balaban J connectivity index is 3.05. The molecule has 0 aromatic heterocycles. The van der Waals surface area contributed by atoms with E-state index in [1.54, 1.807) is 12.1 Å². The number of para-hydroxylation sites is 1. The van der Waals surface area contributed by atoms with Crippen LogP contribution in [0.4, 0.5) is 5.69 Å². The van der Waals surface area contributed by atoms with Crippen LogP contribution in [-0.2, 0) is 0 Å². The van der Waals surface area contributed by atoms with E-state index in [4.69, 9.17) is 15.9 Å². The fourth-order valence-electron chi connectivity index (χ4n) is 1.16. The molecule has 0 unspecified atom stereocenters. The molecule has 0 atom stereocenters. The maximum Gasteiger partial charge on any atom is 0.0686 e. The van der Waals surface area contributed by atoms with E-state index in [-0.39, 0.29) is 13.2 Å². The molecule has 0 amide bonds. The molecule has 1 aromatic rings. The van der Waals surface area contributed by atoms with Gasteiger partial charge in [0, 0.05) is 11.3 Å². The Morgan fingerprint density at radius 1 is 1.31 bits per heavy atom. The van der Waals surface area contributed by atoms with Crippen molar-refractivity contribution in [1.29, 1.82) is 0 Å². The summed E-state index contributed by atoms with van der Waals surface area (Å²) >= 11 is 0. The van der Waals surface area contributed by atoms with Gasteiger partial charge in [-0.25, -0.2) is 0 Å². The number of aliphatic hydroxyl groups excluding tert-OH is 2. The molecule has 0 aliphatic heterocycles. The smallest absolute Gasteiger partial charge is 0.0686 e. The molecular formula is C10H13NO2. The number of nitrogen functional groups attached to an aromatic ring is 1. The molecule has 3 heteroatoms. The second kappa shape index (κ2) is 4.64. The third-order valence-electron chi connectivity index (χ3n) is 1.81. The number of nitrogens with two attached hydrogens (primary N) is 1. The molecule has 1 aromatic carbocycles. The molecule has 0 heterocycles. The fourth-order valence-corrected chi connectivity index (χ4v) is 1.16. The molecule has 13 heavy (non-hydrogen) atoms. The van der Waals surface area contributed by atoms with E-state index in [1.807, 2.05) is 18.2 Å². The molecule has 0 radical (unpaired) electrons. The second-order valence-corrected chi connectivity index (χ2v) is 2.66. The number of hydrogen-bond acceptors (Lipinski definition) is 3. The van der Waals surface area contributed by atoms with Crippen LogP contribution in [-0.4, -0.2) is 23.4 Å². The predicted octanol–water partition coefficient (Wildman–Crippen LogP) is 0.637. The lowest BCUT2D eigenvalue weighted by Crippen LogP contribution is -1.97. The van der Waals surface area contributed by atoms with Crippen LogP contribution < -0.4 is 5.73 Å². The van der Waals surface area contributed by atoms with Crippen molar-refractivity contribution in [3.63, 3.8) is 0 Å². The Bertz CT molecular complexity index is 308. The number of anilines is 1. The minimum absolute atomic E-state index is 0.0930. The molecule has 4 N–H and O–H groups in total. The van der Waals surface area contributed by atoms with Gasteiger partial charge in [-0.1, -0.05) is 24.3 Å². The van der Waals surface area contributed by atoms with E-state index in [0.29, 0.717) is 11.3 Å². The zero-order valence-corrected chi connectivity index (χ0v) is 7.27. The van der Waals surface area contributed by atoms with E-state index in [9.17, 15) is 0 Å². The monoisotopic (exact) mass is 179 g/mol. The standard InChI is InChI=1S/C10H13NO2/c11-10-4-2-1-3-9(10)8(7-13)5-6-12/h1-5,12-13H,6-7,11H2/b8-5+. The highest BCUT2D eigenvalue weighted by Gasteiger charge is 2.02. The summed E-state index contributed by atoms with van der Waals surface area (Å²) in [4.78, 5) is 0. The Hall–Kier alpha value is -1.32. The number of aliphatic hydroxyl groups is 2. The van der Waals surface area contributed by atoms with Crippen LogP contribution in [0.25, 0.3) is 5.57 Å². The van der Waals surface area contributed by atoms with Gasteiger partial charge in [-0.2, -0.15) is 0 Å². The first-order valence-electron chi connectivity index (χ1n) is 4.05. The highest BCUT2D eigenvalue weighted by atomic mass is 16.3. The van der Waals surface area contributed by atoms with E-state index < -0.39 is 0 Å². The molecule has 0 spiro atoms. The number of benzene rings is 1. The van der Waals surface area contributed by atoms with Crippen LogP contribution in [0.3, 0.4) is 0 Å². The zero-order chi connectivity index (χ0) is 9.68. The van der Waals surface area contributed by atoms with Gasteiger partial charge >= 0.3 is 0 Å². The van der Waals surface area contributed by atoms with Gasteiger partial charge < -0.3 is 15.9 Å². The third-order valence-corrected chi connectivity index (χ3v) is 1.81. The largest absolute Gasteiger partial charge is 0.398 e. The Morgan fingerprint density at radius 2 is 2.00 bits per heavy atom. The van der Waals surface area contributed by atoms with Crippen molar-refractivity contribution in [2.45, 2.75) is 0 Å². The molecule has 1 rings (SSSR count). The summed E-state index contributed by atoms with van der Waals surface area (Å²) in [6.45, 7) is -0.209. The van der Waals surface area contributed by atoms with Crippen molar-refractivity contribution >= 4 is 11.3 Å². The zero-order valence-electron chi connectivity index (χ0n) is 7.27. The van der Waals surface area contributed by atoms with Gasteiger partial charge in [0.2, 0.25) is 0 Å². The highest BCUT2D eigenvalue weighted by Crippen LogP contribution is 2.20. The molecule has 0 fully saturated rings. The fraction of sp³-hybridized carbons (Fsp3) is 0.200. The van der Waals surface area contributed by atoms with Crippen LogP contribution in [0.5, 0.6) is 0 Å². The molecule has 70 valence electrons.